The number of hydrogen-bond donors (Lipinski definition) is 1. The van der Waals surface area contributed by atoms with Crippen molar-refractivity contribution in [3.05, 3.63) is 38.3 Å². The normalized spacial score (nSPS) is 32.2. The Hall–Kier alpha value is -2.83. The molecule has 0 spiro atoms. The van der Waals surface area contributed by atoms with E-state index in [1.807, 2.05) is 18.2 Å². The van der Waals surface area contributed by atoms with Gasteiger partial charge in [0.2, 0.25) is 17.7 Å². The van der Waals surface area contributed by atoms with Crippen molar-refractivity contribution >= 4 is 40.8 Å². The van der Waals surface area contributed by atoms with Crippen LogP contribution in [-0.4, -0.2) is 84.8 Å². The first-order chi connectivity index (χ1) is 19.4. The Balaban J connectivity index is 1.19. The molecule has 2 saturated heterocycles. The number of thioether (sulfide) groups is 1. The second kappa shape index (κ2) is 9.92. The first kappa shape index (κ1) is 26.1. The van der Waals surface area contributed by atoms with Gasteiger partial charge in [-0.2, -0.15) is 0 Å². The van der Waals surface area contributed by atoms with E-state index in [0.717, 1.165) is 21.9 Å². The number of benzene rings is 1. The van der Waals surface area contributed by atoms with Gasteiger partial charge in [0.1, 0.15) is 0 Å². The number of methoxy groups -OCH3 is 2. The van der Waals surface area contributed by atoms with E-state index in [-0.39, 0.29) is 76.3 Å². The lowest BCUT2D eigenvalue weighted by molar-refractivity contribution is -0.142. The van der Waals surface area contributed by atoms with E-state index in [4.69, 9.17) is 14.2 Å². The summed E-state index contributed by atoms with van der Waals surface area (Å²) in [4.78, 5) is 59.7. The highest BCUT2D eigenvalue weighted by molar-refractivity contribution is 8.00. The number of nitrogens with zero attached hydrogens (tertiary/aromatic N) is 2. The number of thiazole rings is 1. The Bertz CT molecular complexity index is 1430. The predicted octanol–water partition coefficient (Wildman–Crippen LogP) is 2.18. The number of rotatable bonds is 6. The molecule has 7 unspecified atom stereocenters. The van der Waals surface area contributed by atoms with Crippen molar-refractivity contribution in [2.45, 2.75) is 29.0 Å². The minimum Gasteiger partial charge on any atom is -0.493 e. The van der Waals surface area contributed by atoms with Crippen LogP contribution in [0.15, 0.2) is 28.0 Å². The minimum atomic E-state index is -0.377. The Morgan fingerprint density at radius 3 is 2.50 bits per heavy atom. The predicted molar refractivity (Wildman–Crippen MR) is 147 cm³/mol. The molecule has 1 N–H and O–H groups in total. The number of aromatic amines is 1. The summed E-state index contributed by atoms with van der Waals surface area (Å²) >= 11 is 2.89. The highest BCUT2D eigenvalue weighted by Gasteiger charge is 2.69. The Kier molecular flexibility index (Phi) is 6.47. The van der Waals surface area contributed by atoms with Crippen molar-refractivity contribution in [2.24, 2.45) is 29.6 Å². The van der Waals surface area contributed by atoms with Crippen molar-refractivity contribution in [1.29, 1.82) is 0 Å². The molecule has 4 fully saturated rings. The van der Waals surface area contributed by atoms with Gasteiger partial charge in [0.15, 0.2) is 11.5 Å². The summed E-state index contributed by atoms with van der Waals surface area (Å²) in [6.07, 6.45) is 0.958. The lowest BCUT2D eigenvalue weighted by atomic mass is 9.68. The van der Waals surface area contributed by atoms with Gasteiger partial charge in [-0.25, -0.2) is 0 Å². The van der Waals surface area contributed by atoms with E-state index in [9.17, 15) is 19.2 Å². The van der Waals surface area contributed by atoms with E-state index < -0.39 is 0 Å². The second-order valence-corrected chi connectivity index (χ2v) is 13.3. The van der Waals surface area contributed by atoms with Crippen LogP contribution in [0.4, 0.5) is 0 Å². The number of hydrogen-bond acceptors (Lipinski definition) is 9. The smallest absolute Gasteiger partial charge is 0.305 e. The highest BCUT2D eigenvalue weighted by Crippen LogP contribution is 2.68. The zero-order valence-electron chi connectivity index (χ0n) is 22.3. The summed E-state index contributed by atoms with van der Waals surface area (Å²) in [7, 11) is 3.20. The van der Waals surface area contributed by atoms with Gasteiger partial charge in [-0.05, 0) is 41.9 Å². The number of imide groups is 1. The zero-order chi connectivity index (χ0) is 27.7. The number of carbonyl (C=O) groups excluding carboxylic acids is 3. The molecule has 2 aliphatic carbocycles. The number of morpholine rings is 1. The highest BCUT2D eigenvalue weighted by atomic mass is 32.2. The number of fused-ring (bicyclic) bond motifs is 9. The molecule has 2 aromatic rings. The molecule has 212 valence electrons. The topological polar surface area (TPSA) is 118 Å². The molecule has 40 heavy (non-hydrogen) atoms. The molecule has 7 rings (SSSR count). The summed E-state index contributed by atoms with van der Waals surface area (Å²) in [5, 5.41) is 0.971. The average molecular weight is 586 g/mol. The molecule has 7 atom stereocenters. The molecule has 12 heteroatoms. The van der Waals surface area contributed by atoms with Crippen molar-refractivity contribution in [2.75, 3.05) is 47.1 Å². The fourth-order valence-corrected chi connectivity index (χ4v) is 10.8. The van der Waals surface area contributed by atoms with Crippen molar-refractivity contribution in [3.8, 4) is 11.5 Å². The maximum atomic E-state index is 13.8. The van der Waals surface area contributed by atoms with Gasteiger partial charge in [-0.3, -0.25) is 24.1 Å². The van der Waals surface area contributed by atoms with Crippen molar-refractivity contribution in [3.63, 3.8) is 0 Å². The molecule has 0 radical (unpaired) electrons. The molecule has 5 aliphatic rings. The van der Waals surface area contributed by atoms with Gasteiger partial charge < -0.3 is 24.1 Å². The zero-order valence-corrected chi connectivity index (χ0v) is 23.9. The van der Waals surface area contributed by atoms with Crippen LogP contribution in [0.2, 0.25) is 0 Å². The number of aromatic nitrogens is 1. The Labute approximate surface area is 239 Å². The van der Waals surface area contributed by atoms with E-state index in [2.05, 4.69) is 4.98 Å². The lowest BCUT2D eigenvalue weighted by Gasteiger charge is -2.43. The third-order valence-electron chi connectivity index (χ3n) is 9.49. The maximum Gasteiger partial charge on any atom is 0.305 e. The van der Waals surface area contributed by atoms with Crippen LogP contribution in [0.5, 0.6) is 11.5 Å². The molecule has 4 heterocycles. The van der Waals surface area contributed by atoms with E-state index in [1.165, 1.54) is 16.2 Å². The minimum absolute atomic E-state index is 0.0207. The molecular weight excluding hydrogens is 554 g/mol. The molecular formula is C28H31N3O7S2. The summed E-state index contributed by atoms with van der Waals surface area (Å²) in [5.74, 6) is 0.249. The number of H-pyrrole nitrogens is 1. The number of ether oxygens (including phenoxy) is 3. The fourth-order valence-electron chi connectivity index (χ4n) is 7.90. The summed E-state index contributed by atoms with van der Waals surface area (Å²) in [5.41, 5.74) is 1.01. The summed E-state index contributed by atoms with van der Waals surface area (Å²) < 4.78 is 16.4. The van der Waals surface area contributed by atoms with Crippen LogP contribution >= 0.6 is 23.1 Å². The van der Waals surface area contributed by atoms with Gasteiger partial charge in [0.05, 0.1) is 44.3 Å². The van der Waals surface area contributed by atoms with E-state index >= 15 is 0 Å². The van der Waals surface area contributed by atoms with Crippen LogP contribution in [-0.2, 0) is 19.1 Å². The van der Waals surface area contributed by atoms with Gasteiger partial charge in [-0.15, -0.1) is 11.8 Å². The molecule has 1 aromatic carbocycles. The third-order valence-corrected chi connectivity index (χ3v) is 12.1. The molecule has 3 amide bonds. The quantitative estimate of drug-likeness (QED) is 0.513. The largest absolute Gasteiger partial charge is 0.493 e. The van der Waals surface area contributed by atoms with Crippen LogP contribution < -0.4 is 14.3 Å². The van der Waals surface area contributed by atoms with Gasteiger partial charge in [0, 0.05) is 42.1 Å². The van der Waals surface area contributed by atoms with Crippen LogP contribution in [0.3, 0.4) is 0 Å². The first-order valence-corrected chi connectivity index (χ1v) is 15.4. The average Bonchev–Trinajstić information content (AvgIpc) is 3.71. The van der Waals surface area contributed by atoms with Gasteiger partial charge >= 0.3 is 4.87 Å². The summed E-state index contributed by atoms with van der Waals surface area (Å²) in [6, 6.07) is 5.87. The van der Waals surface area contributed by atoms with Crippen molar-refractivity contribution < 1.29 is 28.6 Å². The van der Waals surface area contributed by atoms with Gasteiger partial charge in [-0.1, -0.05) is 17.4 Å². The number of likely N-dealkylation sites (tertiary alicyclic amines) is 1. The molecule has 3 aliphatic heterocycles. The Morgan fingerprint density at radius 2 is 1.77 bits per heavy atom. The van der Waals surface area contributed by atoms with Crippen molar-refractivity contribution in [1.82, 2.24) is 14.8 Å². The summed E-state index contributed by atoms with van der Waals surface area (Å²) in [6.45, 7) is 2.24. The van der Waals surface area contributed by atoms with Crippen LogP contribution in [0.25, 0.3) is 0 Å². The number of carbonyl (C=O) groups is 3. The Morgan fingerprint density at radius 1 is 1.05 bits per heavy atom. The first-order valence-electron chi connectivity index (χ1n) is 13.7. The second-order valence-electron chi connectivity index (χ2n) is 11.1. The third kappa shape index (κ3) is 3.86. The standard InChI is InChI=1S/C28H31N3O7S2/c1-36-16-4-3-13(11-17(16)37-2)19-20-14-12-15(23(20)39-25-24(19)40-28(35)29-25)22-21(14)26(33)31(27(22)34)6-5-18(32)30-7-9-38-10-8-30/h3-4,11,14-15,19-23H,5-10,12H2,1-2H3,(H,29,35). The number of nitrogens with one attached hydrogen (secondary N) is 1. The van der Waals surface area contributed by atoms with Crippen LogP contribution in [0.1, 0.15) is 29.2 Å². The molecule has 2 saturated carbocycles. The monoisotopic (exact) mass is 585 g/mol. The lowest BCUT2D eigenvalue weighted by Crippen LogP contribution is -2.43. The number of amides is 3. The molecule has 10 nitrogen and oxygen atoms in total. The molecule has 2 bridgehead atoms. The van der Waals surface area contributed by atoms with Gasteiger partial charge in [0.25, 0.3) is 0 Å². The molecule has 1 aromatic heterocycles. The van der Waals surface area contributed by atoms with E-state index in [0.29, 0.717) is 37.8 Å². The van der Waals surface area contributed by atoms with Crippen LogP contribution in [0, 0.1) is 29.6 Å². The van der Waals surface area contributed by atoms with E-state index in [1.54, 1.807) is 30.9 Å². The SMILES string of the molecule is COc1ccc(C2c3sc(=O)[nH]c3SC3C4CC(C5C(=O)N(CCC(=O)N6CCOCC6)C(=O)C45)C23)cc1OC. The maximum absolute atomic E-state index is 13.8. The fraction of sp³-hybridized carbons (Fsp3) is 0.571.